The number of aryl methyl sites for hydroxylation is 2. The Hall–Kier alpha value is -3.68. The predicted molar refractivity (Wildman–Crippen MR) is 120 cm³/mol. The summed E-state index contributed by atoms with van der Waals surface area (Å²) in [6.07, 6.45) is 0. The fourth-order valence-electron chi connectivity index (χ4n) is 3.56. The Morgan fingerprint density at radius 1 is 0.969 bits per heavy atom. The van der Waals surface area contributed by atoms with Crippen LogP contribution in [-0.4, -0.2) is 53.4 Å². The van der Waals surface area contributed by atoms with E-state index in [2.05, 4.69) is 10.00 Å². The molecular formula is C24H25FN4O3. The number of aromatic nitrogens is 2. The van der Waals surface area contributed by atoms with E-state index in [0.717, 1.165) is 16.8 Å². The molecule has 0 bridgehead atoms. The number of rotatable bonds is 5. The van der Waals surface area contributed by atoms with Crippen LogP contribution in [0.5, 0.6) is 5.75 Å². The van der Waals surface area contributed by atoms with Gasteiger partial charge in [0, 0.05) is 32.2 Å². The SMILES string of the molecule is Cc1ccc(-n2nc(N3CCN(C(=O)COc4ccc(F)cc4)CC3)ccc2=O)cc1C. The van der Waals surface area contributed by atoms with Gasteiger partial charge >= 0.3 is 0 Å². The van der Waals surface area contributed by atoms with Crippen LogP contribution in [-0.2, 0) is 4.79 Å². The molecule has 0 N–H and O–H groups in total. The molecular weight excluding hydrogens is 411 g/mol. The Labute approximate surface area is 185 Å². The van der Waals surface area contributed by atoms with Crippen molar-refractivity contribution in [2.24, 2.45) is 0 Å². The molecule has 0 saturated carbocycles. The molecule has 1 aromatic heterocycles. The molecule has 2 heterocycles. The average molecular weight is 436 g/mol. The number of benzene rings is 2. The number of hydrogen-bond acceptors (Lipinski definition) is 5. The van der Waals surface area contributed by atoms with Gasteiger partial charge in [-0.1, -0.05) is 6.07 Å². The minimum absolute atomic E-state index is 0.0957. The summed E-state index contributed by atoms with van der Waals surface area (Å²) in [5.41, 5.74) is 2.79. The van der Waals surface area contributed by atoms with E-state index in [0.29, 0.717) is 37.7 Å². The summed E-state index contributed by atoms with van der Waals surface area (Å²) in [6.45, 7) is 6.18. The molecule has 2 aromatic carbocycles. The highest BCUT2D eigenvalue weighted by Gasteiger charge is 2.23. The van der Waals surface area contributed by atoms with Gasteiger partial charge in [-0.05, 0) is 67.4 Å². The Balaban J connectivity index is 1.38. The third kappa shape index (κ3) is 4.80. The second-order valence-electron chi connectivity index (χ2n) is 7.82. The maximum Gasteiger partial charge on any atom is 0.271 e. The van der Waals surface area contributed by atoms with Gasteiger partial charge in [0.25, 0.3) is 11.5 Å². The van der Waals surface area contributed by atoms with Gasteiger partial charge in [0.05, 0.1) is 5.69 Å². The summed E-state index contributed by atoms with van der Waals surface area (Å²) >= 11 is 0. The molecule has 1 aliphatic heterocycles. The van der Waals surface area contributed by atoms with Crippen LogP contribution in [0.3, 0.4) is 0 Å². The van der Waals surface area contributed by atoms with Crippen molar-refractivity contribution in [3.8, 4) is 11.4 Å². The number of nitrogens with zero attached hydrogens (tertiary/aromatic N) is 4. The van der Waals surface area contributed by atoms with Crippen molar-refractivity contribution in [2.45, 2.75) is 13.8 Å². The van der Waals surface area contributed by atoms with E-state index in [1.165, 1.54) is 35.0 Å². The van der Waals surface area contributed by atoms with Crippen LogP contribution in [0.1, 0.15) is 11.1 Å². The van der Waals surface area contributed by atoms with E-state index in [9.17, 15) is 14.0 Å². The van der Waals surface area contributed by atoms with Gasteiger partial charge in [0.1, 0.15) is 17.4 Å². The topological polar surface area (TPSA) is 67.7 Å². The second kappa shape index (κ2) is 9.21. The summed E-state index contributed by atoms with van der Waals surface area (Å²) < 4.78 is 19.8. The van der Waals surface area contributed by atoms with Gasteiger partial charge < -0.3 is 14.5 Å². The number of ether oxygens (including phenoxy) is 1. The standard InChI is InChI=1S/C24H25FN4O3/c1-17-3-6-20(15-18(17)2)29-23(30)10-9-22(26-29)27-11-13-28(14-12-27)24(31)16-32-21-7-4-19(25)5-8-21/h3-10,15H,11-14,16H2,1-2H3. The Kier molecular flexibility index (Phi) is 6.20. The van der Waals surface area contributed by atoms with Crippen LogP contribution in [0.15, 0.2) is 59.4 Å². The van der Waals surface area contributed by atoms with E-state index in [1.54, 1.807) is 11.0 Å². The summed E-state index contributed by atoms with van der Waals surface area (Å²) in [7, 11) is 0. The molecule has 7 nitrogen and oxygen atoms in total. The van der Waals surface area contributed by atoms with Crippen LogP contribution in [0.4, 0.5) is 10.2 Å². The van der Waals surface area contributed by atoms with Crippen molar-refractivity contribution in [3.63, 3.8) is 0 Å². The molecule has 32 heavy (non-hydrogen) atoms. The van der Waals surface area contributed by atoms with Crippen molar-refractivity contribution < 1.29 is 13.9 Å². The smallest absolute Gasteiger partial charge is 0.271 e. The lowest BCUT2D eigenvalue weighted by atomic mass is 10.1. The second-order valence-corrected chi connectivity index (χ2v) is 7.82. The minimum atomic E-state index is -0.350. The van der Waals surface area contributed by atoms with Gasteiger partial charge in [0.15, 0.2) is 6.61 Å². The zero-order valence-corrected chi connectivity index (χ0v) is 18.1. The molecule has 1 fully saturated rings. The number of carbonyl (C=O) groups is 1. The van der Waals surface area contributed by atoms with Crippen LogP contribution in [0, 0.1) is 19.7 Å². The summed E-state index contributed by atoms with van der Waals surface area (Å²) in [4.78, 5) is 28.7. The number of carbonyl (C=O) groups excluding carboxylic acids is 1. The first-order valence-electron chi connectivity index (χ1n) is 10.5. The largest absolute Gasteiger partial charge is 0.484 e. The zero-order chi connectivity index (χ0) is 22.7. The Morgan fingerprint density at radius 3 is 2.38 bits per heavy atom. The summed E-state index contributed by atoms with van der Waals surface area (Å²) in [5.74, 6) is 0.674. The maximum atomic E-state index is 13.0. The summed E-state index contributed by atoms with van der Waals surface area (Å²) in [5, 5.41) is 4.56. The van der Waals surface area contributed by atoms with Gasteiger partial charge in [-0.2, -0.15) is 4.68 Å². The first-order valence-corrected chi connectivity index (χ1v) is 10.5. The molecule has 3 aromatic rings. The third-order valence-electron chi connectivity index (χ3n) is 5.65. The van der Waals surface area contributed by atoms with Crippen molar-refractivity contribution >= 4 is 11.7 Å². The zero-order valence-electron chi connectivity index (χ0n) is 18.1. The van der Waals surface area contributed by atoms with Crippen molar-refractivity contribution in [3.05, 3.63) is 81.9 Å². The van der Waals surface area contributed by atoms with E-state index < -0.39 is 0 Å². The van der Waals surface area contributed by atoms with Crippen LogP contribution in [0.2, 0.25) is 0 Å². The molecule has 1 amide bonds. The molecule has 0 spiro atoms. The minimum Gasteiger partial charge on any atom is -0.484 e. The van der Waals surface area contributed by atoms with E-state index in [1.807, 2.05) is 32.0 Å². The van der Waals surface area contributed by atoms with E-state index in [-0.39, 0.29) is 23.9 Å². The molecule has 0 atom stereocenters. The highest BCUT2D eigenvalue weighted by molar-refractivity contribution is 5.78. The quantitative estimate of drug-likeness (QED) is 0.615. The lowest BCUT2D eigenvalue weighted by Gasteiger charge is -2.35. The molecule has 4 rings (SSSR count). The molecule has 1 aliphatic rings. The predicted octanol–water partition coefficient (Wildman–Crippen LogP) is 2.72. The number of hydrogen-bond donors (Lipinski definition) is 0. The first-order chi connectivity index (χ1) is 15.4. The van der Waals surface area contributed by atoms with Gasteiger partial charge in [-0.3, -0.25) is 9.59 Å². The molecule has 166 valence electrons. The highest BCUT2D eigenvalue weighted by atomic mass is 19.1. The van der Waals surface area contributed by atoms with Gasteiger partial charge in [-0.15, -0.1) is 5.10 Å². The van der Waals surface area contributed by atoms with Crippen molar-refractivity contribution in [1.29, 1.82) is 0 Å². The lowest BCUT2D eigenvalue weighted by Crippen LogP contribution is -2.50. The monoisotopic (exact) mass is 436 g/mol. The normalized spacial score (nSPS) is 13.8. The average Bonchev–Trinajstić information content (AvgIpc) is 2.81. The Bertz CT molecular complexity index is 1170. The molecule has 0 unspecified atom stereocenters. The summed E-state index contributed by atoms with van der Waals surface area (Å²) in [6, 6.07) is 14.6. The Morgan fingerprint density at radius 2 is 1.69 bits per heavy atom. The lowest BCUT2D eigenvalue weighted by molar-refractivity contribution is -0.133. The number of anilines is 1. The first kappa shape index (κ1) is 21.5. The molecule has 0 aliphatic carbocycles. The van der Waals surface area contributed by atoms with Crippen LogP contribution in [0.25, 0.3) is 5.69 Å². The van der Waals surface area contributed by atoms with E-state index in [4.69, 9.17) is 4.74 Å². The fraction of sp³-hybridized carbons (Fsp3) is 0.292. The fourth-order valence-corrected chi connectivity index (χ4v) is 3.56. The van der Waals surface area contributed by atoms with Gasteiger partial charge in [0.2, 0.25) is 0 Å². The third-order valence-corrected chi connectivity index (χ3v) is 5.65. The number of piperazine rings is 1. The molecule has 0 radical (unpaired) electrons. The molecule has 1 saturated heterocycles. The van der Waals surface area contributed by atoms with Crippen LogP contribution < -0.4 is 15.2 Å². The number of amides is 1. The van der Waals surface area contributed by atoms with E-state index >= 15 is 0 Å². The van der Waals surface area contributed by atoms with Crippen molar-refractivity contribution in [1.82, 2.24) is 14.7 Å². The van der Waals surface area contributed by atoms with Crippen LogP contribution >= 0.6 is 0 Å². The van der Waals surface area contributed by atoms with Crippen molar-refractivity contribution in [2.75, 3.05) is 37.7 Å². The highest BCUT2D eigenvalue weighted by Crippen LogP contribution is 2.16. The number of halogens is 1. The molecule has 8 heteroatoms. The maximum absolute atomic E-state index is 13.0. The van der Waals surface area contributed by atoms with Gasteiger partial charge in [-0.25, -0.2) is 4.39 Å².